The van der Waals surface area contributed by atoms with Gasteiger partial charge in [-0.05, 0) is 59.2 Å². The van der Waals surface area contributed by atoms with Crippen LogP contribution in [-0.2, 0) is 29.0 Å². The Kier molecular flexibility index (Phi) is 4.84. The highest BCUT2D eigenvalue weighted by molar-refractivity contribution is 5.89. The molecule has 2 amide bonds. The van der Waals surface area contributed by atoms with Gasteiger partial charge in [-0.3, -0.25) is 9.59 Å². The molecule has 28 heavy (non-hydrogen) atoms. The van der Waals surface area contributed by atoms with Crippen molar-refractivity contribution in [1.29, 1.82) is 0 Å². The van der Waals surface area contributed by atoms with Gasteiger partial charge in [0.1, 0.15) is 0 Å². The number of rotatable bonds is 5. The van der Waals surface area contributed by atoms with E-state index in [-0.39, 0.29) is 24.2 Å². The van der Waals surface area contributed by atoms with Gasteiger partial charge in [-0.1, -0.05) is 32.0 Å². The number of carbonyl (C=O) groups excluding carboxylic acids is 2. The summed E-state index contributed by atoms with van der Waals surface area (Å²) in [6.07, 6.45) is 2.55. The second kappa shape index (κ2) is 7.30. The summed E-state index contributed by atoms with van der Waals surface area (Å²) >= 11 is 0. The molecule has 1 aliphatic carbocycles. The molecule has 0 bridgehead atoms. The average molecular weight is 377 g/mol. The number of carbonyl (C=O) groups is 2. The van der Waals surface area contributed by atoms with Crippen LogP contribution < -0.4 is 16.0 Å². The van der Waals surface area contributed by atoms with E-state index in [4.69, 9.17) is 0 Å². The first-order valence-electron chi connectivity index (χ1n) is 9.90. The molecule has 5 nitrogen and oxygen atoms in total. The molecule has 0 saturated carbocycles. The highest BCUT2D eigenvalue weighted by Gasteiger charge is 2.28. The lowest BCUT2D eigenvalue weighted by Gasteiger charge is -2.14. The van der Waals surface area contributed by atoms with Crippen LogP contribution in [0.2, 0.25) is 0 Å². The number of anilines is 2. The van der Waals surface area contributed by atoms with Gasteiger partial charge in [-0.15, -0.1) is 0 Å². The Hall–Kier alpha value is -2.82. The van der Waals surface area contributed by atoms with Gasteiger partial charge < -0.3 is 16.0 Å². The number of fused-ring (bicyclic) bond motifs is 1. The van der Waals surface area contributed by atoms with Crippen molar-refractivity contribution in [2.75, 3.05) is 11.9 Å². The van der Waals surface area contributed by atoms with Gasteiger partial charge in [-0.2, -0.15) is 0 Å². The van der Waals surface area contributed by atoms with Crippen molar-refractivity contribution in [3.05, 3.63) is 59.2 Å². The molecule has 1 heterocycles. The highest BCUT2D eigenvalue weighted by Crippen LogP contribution is 2.37. The Morgan fingerprint density at radius 3 is 2.50 bits per heavy atom. The number of nitrogens with one attached hydrogen (secondary N) is 3. The molecular formula is C23H27N3O2. The summed E-state index contributed by atoms with van der Waals surface area (Å²) in [5.41, 5.74) is 6.42. The third-order valence-electron chi connectivity index (χ3n) is 5.60. The molecule has 1 aliphatic heterocycles. The molecule has 1 saturated heterocycles. The molecule has 2 aromatic carbocycles. The van der Waals surface area contributed by atoms with E-state index in [1.807, 2.05) is 24.3 Å². The molecule has 3 N–H and O–H groups in total. The van der Waals surface area contributed by atoms with Crippen molar-refractivity contribution in [3.8, 4) is 0 Å². The van der Waals surface area contributed by atoms with Gasteiger partial charge in [0.25, 0.3) is 0 Å². The van der Waals surface area contributed by atoms with E-state index in [0.29, 0.717) is 18.5 Å². The van der Waals surface area contributed by atoms with Crippen LogP contribution in [0, 0.1) is 11.3 Å². The molecule has 5 heteroatoms. The molecule has 0 aromatic heterocycles. The number of benzene rings is 2. The predicted octanol–water partition coefficient (Wildman–Crippen LogP) is 3.31. The van der Waals surface area contributed by atoms with Crippen LogP contribution in [-0.4, -0.2) is 18.4 Å². The molecule has 1 atom stereocenters. The molecule has 0 radical (unpaired) electrons. The molecule has 0 spiro atoms. The minimum absolute atomic E-state index is 0.0503. The van der Waals surface area contributed by atoms with Gasteiger partial charge in [-0.25, -0.2) is 0 Å². The van der Waals surface area contributed by atoms with Gasteiger partial charge in [0.15, 0.2) is 0 Å². The fraction of sp³-hybridized carbons (Fsp3) is 0.391. The van der Waals surface area contributed by atoms with Gasteiger partial charge in [0.05, 0.1) is 5.92 Å². The number of amides is 2. The summed E-state index contributed by atoms with van der Waals surface area (Å²) in [6, 6.07) is 14.7. The average Bonchev–Trinajstić information content (AvgIpc) is 3.22. The predicted molar refractivity (Wildman–Crippen MR) is 110 cm³/mol. The zero-order valence-electron chi connectivity index (χ0n) is 16.5. The molecule has 4 rings (SSSR count). The summed E-state index contributed by atoms with van der Waals surface area (Å²) in [7, 11) is 0. The maximum Gasteiger partial charge on any atom is 0.225 e. The van der Waals surface area contributed by atoms with E-state index in [0.717, 1.165) is 29.8 Å². The Labute approximate surface area is 165 Å². The van der Waals surface area contributed by atoms with E-state index in [2.05, 4.69) is 48.0 Å². The normalized spacial score (nSPS) is 19.8. The molecular weight excluding hydrogens is 350 g/mol. The Bertz CT molecular complexity index is 903. The Morgan fingerprint density at radius 1 is 1.07 bits per heavy atom. The van der Waals surface area contributed by atoms with Gasteiger partial charge >= 0.3 is 0 Å². The van der Waals surface area contributed by atoms with E-state index in [1.54, 1.807) is 0 Å². The summed E-state index contributed by atoms with van der Waals surface area (Å²) < 4.78 is 0. The first-order chi connectivity index (χ1) is 13.4. The van der Waals surface area contributed by atoms with E-state index in [1.165, 1.54) is 11.1 Å². The largest absolute Gasteiger partial charge is 0.356 e. The van der Waals surface area contributed by atoms with Crippen LogP contribution in [0.5, 0.6) is 0 Å². The van der Waals surface area contributed by atoms with Gasteiger partial charge in [0.2, 0.25) is 11.8 Å². The van der Waals surface area contributed by atoms with E-state index in [9.17, 15) is 9.59 Å². The summed E-state index contributed by atoms with van der Waals surface area (Å²) in [5, 5.41) is 9.08. The third-order valence-corrected chi connectivity index (χ3v) is 5.60. The standard InChI is InChI=1S/C23H27N3O2/c1-23(2)11-16-5-8-20(9-17(16)12-23)26-19-6-3-15(4-7-19)13-25-22(28)18-10-21(27)24-14-18/h3-9,18,26H,10-14H2,1-2H3,(H,24,27)(H,25,28). The topological polar surface area (TPSA) is 70.2 Å². The molecule has 146 valence electrons. The van der Waals surface area contributed by atoms with Crippen molar-refractivity contribution >= 4 is 23.2 Å². The zero-order valence-corrected chi connectivity index (χ0v) is 16.5. The van der Waals surface area contributed by atoms with Crippen molar-refractivity contribution in [1.82, 2.24) is 10.6 Å². The fourth-order valence-corrected chi connectivity index (χ4v) is 4.13. The fourth-order valence-electron chi connectivity index (χ4n) is 4.13. The van der Waals surface area contributed by atoms with E-state index < -0.39 is 0 Å². The molecule has 2 aliphatic rings. The number of hydrogen-bond donors (Lipinski definition) is 3. The second-order valence-electron chi connectivity index (χ2n) is 8.75. The maximum absolute atomic E-state index is 12.1. The third kappa shape index (κ3) is 4.19. The van der Waals surface area contributed by atoms with Crippen molar-refractivity contribution in [2.24, 2.45) is 11.3 Å². The Morgan fingerprint density at radius 2 is 1.79 bits per heavy atom. The minimum Gasteiger partial charge on any atom is -0.356 e. The highest BCUT2D eigenvalue weighted by atomic mass is 16.2. The van der Waals surface area contributed by atoms with Crippen LogP contribution in [0.4, 0.5) is 11.4 Å². The van der Waals surface area contributed by atoms with Crippen LogP contribution in [0.1, 0.15) is 37.0 Å². The van der Waals surface area contributed by atoms with Crippen molar-refractivity contribution in [3.63, 3.8) is 0 Å². The lowest BCUT2D eigenvalue weighted by Crippen LogP contribution is -2.31. The summed E-state index contributed by atoms with van der Waals surface area (Å²) in [4.78, 5) is 23.3. The zero-order chi connectivity index (χ0) is 19.7. The van der Waals surface area contributed by atoms with E-state index >= 15 is 0 Å². The molecule has 1 fully saturated rings. The second-order valence-corrected chi connectivity index (χ2v) is 8.75. The SMILES string of the molecule is CC1(C)Cc2ccc(Nc3ccc(CNC(=O)C4CNC(=O)C4)cc3)cc2C1. The summed E-state index contributed by atoms with van der Waals surface area (Å²) in [5.74, 6) is -0.370. The van der Waals surface area contributed by atoms with Crippen molar-refractivity contribution < 1.29 is 9.59 Å². The monoisotopic (exact) mass is 377 g/mol. The van der Waals surface area contributed by atoms with Crippen LogP contribution in [0.15, 0.2) is 42.5 Å². The molecule has 1 unspecified atom stereocenters. The van der Waals surface area contributed by atoms with Crippen LogP contribution >= 0.6 is 0 Å². The smallest absolute Gasteiger partial charge is 0.225 e. The van der Waals surface area contributed by atoms with Crippen LogP contribution in [0.3, 0.4) is 0 Å². The lowest BCUT2D eigenvalue weighted by molar-refractivity contribution is -0.126. The Balaban J connectivity index is 1.33. The van der Waals surface area contributed by atoms with Crippen LogP contribution in [0.25, 0.3) is 0 Å². The first-order valence-corrected chi connectivity index (χ1v) is 9.90. The number of hydrogen-bond acceptors (Lipinski definition) is 3. The first kappa shape index (κ1) is 18.5. The summed E-state index contributed by atoms with van der Waals surface area (Å²) in [6.45, 7) is 5.54. The molecule has 2 aromatic rings. The lowest BCUT2D eigenvalue weighted by atomic mass is 9.90. The minimum atomic E-state index is -0.252. The quantitative estimate of drug-likeness (QED) is 0.749. The van der Waals surface area contributed by atoms with Crippen molar-refractivity contribution in [2.45, 2.75) is 39.7 Å². The maximum atomic E-state index is 12.1. The van der Waals surface area contributed by atoms with Gasteiger partial charge in [0, 0.05) is 30.9 Å².